The fourth-order valence-electron chi connectivity index (χ4n) is 2.29. The Hall–Kier alpha value is -1.65. The van der Waals surface area contributed by atoms with Gasteiger partial charge in [-0.2, -0.15) is 0 Å². The molecule has 5 heteroatoms. The first-order chi connectivity index (χ1) is 9.99. The molecule has 0 heterocycles. The van der Waals surface area contributed by atoms with E-state index >= 15 is 0 Å². The second-order valence-corrected chi connectivity index (χ2v) is 5.14. The molecule has 0 radical (unpaired) electrons. The van der Waals surface area contributed by atoms with Crippen LogP contribution in [-0.4, -0.2) is 14.2 Å². The van der Waals surface area contributed by atoms with Crippen molar-refractivity contribution in [2.45, 2.75) is 13.0 Å². The van der Waals surface area contributed by atoms with E-state index in [1.807, 2.05) is 0 Å². The average molecular weight is 312 g/mol. The summed E-state index contributed by atoms with van der Waals surface area (Å²) < 4.78 is 33.3. The van der Waals surface area contributed by atoms with E-state index in [4.69, 9.17) is 16.3 Å². The fraction of sp³-hybridized carbons (Fsp3) is 0.250. The minimum Gasteiger partial charge on any atom is -0.496 e. The van der Waals surface area contributed by atoms with Crippen LogP contribution in [-0.2, 0) is 0 Å². The van der Waals surface area contributed by atoms with E-state index in [-0.39, 0.29) is 11.1 Å². The highest BCUT2D eigenvalue weighted by Gasteiger charge is 2.22. The molecule has 0 aromatic heterocycles. The van der Waals surface area contributed by atoms with Crippen LogP contribution in [0.5, 0.6) is 5.75 Å². The van der Waals surface area contributed by atoms with Gasteiger partial charge in [0.15, 0.2) is 11.6 Å². The molecule has 0 aliphatic rings. The third kappa shape index (κ3) is 3.01. The molecule has 0 saturated carbocycles. The standard InChI is InChI=1S/C16H16ClF2NO/c1-9-4-6-12(15(19)14(9)18)16(20-2)11-7-5-10(17)8-13(11)21-3/h4-8,16,20H,1-3H3. The first-order valence-corrected chi connectivity index (χ1v) is 6.82. The van der Waals surface area contributed by atoms with Gasteiger partial charge < -0.3 is 10.1 Å². The van der Waals surface area contributed by atoms with Crippen LogP contribution in [0.3, 0.4) is 0 Å². The number of benzene rings is 2. The van der Waals surface area contributed by atoms with E-state index in [1.165, 1.54) is 14.0 Å². The van der Waals surface area contributed by atoms with Crippen LogP contribution >= 0.6 is 11.6 Å². The van der Waals surface area contributed by atoms with Crippen molar-refractivity contribution in [3.05, 3.63) is 63.7 Å². The second-order valence-electron chi connectivity index (χ2n) is 4.71. The molecule has 21 heavy (non-hydrogen) atoms. The van der Waals surface area contributed by atoms with Crippen molar-refractivity contribution in [3.63, 3.8) is 0 Å². The van der Waals surface area contributed by atoms with Gasteiger partial charge in [-0.25, -0.2) is 8.78 Å². The van der Waals surface area contributed by atoms with Crippen molar-refractivity contribution in [2.75, 3.05) is 14.2 Å². The van der Waals surface area contributed by atoms with Gasteiger partial charge in [-0.15, -0.1) is 0 Å². The Morgan fingerprint density at radius 1 is 1.10 bits per heavy atom. The van der Waals surface area contributed by atoms with Gasteiger partial charge in [-0.05, 0) is 31.7 Å². The number of aryl methyl sites for hydroxylation is 1. The highest BCUT2D eigenvalue weighted by atomic mass is 35.5. The number of methoxy groups -OCH3 is 1. The zero-order valence-electron chi connectivity index (χ0n) is 12.0. The second kappa shape index (κ2) is 6.41. The minimum atomic E-state index is -0.855. The molecule has 1 unspecified atom stereocenters. The highest BCUT2D eigenvalue weighted by molar-refractivity contribution is 6.30. The molecule has 112 valence electrons. The lowest BCUT2D eigenvalue weighted by Crippen LogP contribution is -2.20. The lowest BCUT2D eigenvalue weighted by atomic mass is 9.96. The zero-order chi connectivity index (χ0) is 15.6. The summed E-state index contributed by atoms with van der Waals surface area (Å²) in [5, 5.41) is 3.50. The summed E-state index contributed by atoms with van der Waals surface area (Å²) in [7, 11) is 3.18. The Labute approximate surface area is 127 Å². The average Bonchev–Trinajstić information content (AvgIpc) is 2.48. The molecule has 0 fully saturated rings. The molecule has 2 aromatic carbocycles. The minimum absolute atomic E-state index is 0.223. The van der Waals surface area contributed by atoms with Crippen molar-refractivity contribution >= 4 is 11.6 Å². The summed E-state index contributed by atoms with van der Waals surface area (Å²) in [5.41, 5.74) is 1.18. The largest absolute Gasteiger partial charge is 0.496 e. The van der Waals surface area contributed by atoms with Gasteiger partial charge in [0.2, 0.25) is 0 Å². The van der Waals surface area contributed by atoms with E-state index in [0.717, 1.165) is 0 Å². The Kier molecular flexibility index (Phi) is 4.80. The SMILES string of the molecule is CNC(c1ccc(Cl)cc1OC)c1ccc(C)c(F)c1F. The number of hydrogen-bond donors (Lipinski definition) is 1. The van der Waals surface area contributed by atoms with Crippen LogP contribution in [0.2, 0.25) is 5.02 Å². The molecule has 0 spiro atoms. The molecule has 1 atom stereocenters. The molecule has 0 amide bonds. The van der Waals surface area contributed by atoms with Gasteiger partial charge in [-0.3, -0.25) is 0 Å². The third-order valence-electron chi connectivity index (χ3n) is 3.41. The topological polar surface area (TPSA) is 21.3 Å². The van der Waals surface area contributed by atoms with E-state index in [0.29, 0.717) is 16.3 Å². The fourth-order valence-corrected chi connectivity index (χ4v) is 2.45. The van der Waals surface area contributed by atoms with E-state index in [2.05, 4.69) is 5.32 Å². The quantitative estimate of drug-likeness (QED) is 0.911. The van der Waals surface area contributed by atoms with Crippen molar-refractivity contribution in [3.8, 4) is 5.75 Å². The maximum Gasteiger partial charge on any atom is 0.164 e. The molecule has 0 aliphatic heterocycles. The summed E-state index contributed by atoms with van der Waals surface area (Å²) in [5.74, 6) is -1.17. The molecule has 0 aliphatic carbocycles. The molecule has 0 bridgehead atoms. The van der Waals surface area contributed by atoms with Crippen LogP contribution in [0.4, 0.5) is 8.78 Å². The molecular weight excluding hydrogens is 296 g/mol. The Morgan fingerprint density at radius 2 is 1.76 bits per heavy atom. The Morgan fingerprint density at radius 3 is 2.38 bits per heavy atom. The van der Waals surface area contributed by atoms with Crippen LogP contribution in [0.25, 0.3) is 0 Å². The molecule has 1 N–H and O–H groups in total. The molecule has 2 aromatic rings. The van der Waals surface area contributed by atoms with Crippen molar-refractivity contribution in [1.29, 1.82) is 0 Å². The van der Waals surface area contributed by atoms with Crippen LogP contribution in [0.1, 0.15) is 22.7 Å². The molecule has 0 saturated heterocycles. The number of nitrogens with one attached hydrogen (secondary N) is 1. The van der Waals surface area contributed by atoms with E-state index in [1.54, 1.807) is 37.4 Å². The summed E-state index contributed by atoms with van der Waals surface area (Å²) in [4.78, 5) is 0. The molecule has 2 nitrogen and oxygen atoms in total. The lowest BCUT2D eigenvalue weighted by Gasteiger charge is -2.21. The normalized spacial score (nSPS) is 12.3. The van der Waals surface area contributed by atoms with Gasteiger partial charge >= 0.3 is 0 Å². The Balaban J connectivity index is 2.57. The van der Waals surface area contributed by atoms with Gasteiger partial charge in [0.25, 0.3) is 0 Å². The lowest BCUT2D eigenvalue weighted by molar-refractivity contribution is 0.403. The molecule has 2 rings (SSSR count). The van der Waals surface area contributed by atoms with Crippen molar-refractivity contribution < 1.29 is 13.5 Å². The Bertz CT molecular complexity index is 661. The van der Waals surface area contributed by atoms with E-state index in [9.17, 15) is 8.78 Å². The maximum atomic E-state index is 14.2. The van der Waals surface area contributed by atoms with Gasteiger partial charge in [0, 0.05) is 16.1 Å². The van der Waals surface area contributed by atoms with Crippen LogP contribution in [0.15, 0.2) is 30.3 Å². The predicted molar refractivity (Wildman–Crippen MR) is 80.0 cm³/mol. The zero-order valence-corrected chi connectivity index (χ0v) is 12.8. The maximum absolute atomic E-state index is 14.2. The first-order valence-electron chi connectivity index (χ1n) is 6.44. The number of halogens is 3. The van der Waals surface area contributed by atoms with Crippen molar-refractivity contribution in [2.24, 2.45) is 0 Å². The van der Waals surface area contributed by atoms with Gasteiger partial charge in [0.1, 0.15) is 5.75 Å². The summed E-state index contributed by atoms with van der Waals surface area (Å²) in [6.07, 6.45) is 0. The highest BCUT2D eigenvalue weighted by Crippen LogP contribution is 2.34. The van der Waals surface area contributed by atoms with E-state index < -0.39 is 17.7 Å². The summed E-state index contributed by atoms with van der Waals surface area (Å²) in [6, 6.07) is 7.66. The number of hydrogen-bond acceptors (Lipinski definition) is 2. The van der Waals surface area contributed by atoms with Gasteiger partial charge in [-0.1, -0.05) is 29.8 Å². The van der Waals surface area contributed by atoms with Crippen LogP contribution in [0, 0.1) is 18.6 Å². The predicted octanol–water partition coefficient (Wildman–Crippen LogP) is 4.24. The number of rotatable bonds is 4. The third-order valence-corrected chi connectivity index (χ3v) is 3.65. The monoisotopic (exact) mass is 311 g/mol. The number of ether oxygens (including phenoxy) is 1. The van der Waals surface area contributed by atoms with Crippen LogP contribution < -0.4 is 10.1 Å². The smallest absolute Gasteiger partial charge is 0.164 e. The van der Waals surface area contributed by atoms with Gasteiger partial charge in [0.05, 0.1) is 13.2 Å². The first kappa shape index (κ1) is 15.7. The summed E-state index contributed by atoms with van der Waals surface area (Å²) in [6.45, 7) is 1.53. The van der Waals surface area contributed by atoms with Crippen molar-refractivity contribution in [1.82, 2.24) is 5.32 Å². The summed E-state index contributed by atoms with van der Waals surface area (Å²) >= 11 is 5.93. The molecular formula is C16H16ClF2NO.